The van der Waals surface area contributed by atoms with Crippen molar-refractivity contribution in [1.82, 2.24) is 34.3 Å². The van der Waals surface area contributed by atoms with Gasteiger partial charge in [0.2, 0.25) is 5.95 Å². The molecule has 0 bridgehead atoms. The van der Waals surface area contributed by atoms with Crippen LogP contribution in [0.25, 0.3) is 22.5 Å². The summed E-state index contributed by atoms with van der Waals surface area (Å²) in [6.45, 7) is 0.656. The molecule has 0 aromatic carbocycles. The molecular formula is C24H20F2N8O. The molecule has 176 valence electrons. The smallest absolute Gasteiger partial charge is 0.213 e. The Morgan fingerprint density at radius 1 is 1.00 bits per heavy atom. The summed E-state index contributed by atoms with van der Waals surface area (Å²) in [4.78, 5) is 14.8. The van der Waals surface area contributed by atoms with Gasteiger partial charge in [-0.3, -0.25) is 4.98 Å². The monoisotopic (exact) mass is 474 g/mol. The van der Waals surface area contributed by atoms with Crippen molar-refractivity contribution in [2.75, 3.05) is 18.6 Å². The van der Waals surface area contributed by atoms with E-state index in [2.05, 4.69) is 20.2 Å². The molecule has 1 aliphatic heterocycles. The summed E-state index contributed by atoms with van der Waals surface area (Å²) in [5.41, 5.74) is 3.09. The van der Waals surface area contributed by atoms with Crippen molar-refractivity contribution >= 4 is 11.5 Å². The van der Waals surface area contributed by atoms with E-state index >= 15 is 0 Å². The molecule has 5 aromatic rings. The Bertz CT molecular complexity index is 1530. The van der Waals surface area contributed by atoms with Gasteiger partial charge in [-0.2, -0.15) is 14.6 Å². The summed E-state index contributed by atoms with van der Waals surface area (Å²) in [5, 5.41) is 8.89. The molecule has 1 atom stereocenters. The second kappa shape index (κ2) is 8.42. The zero-order valence-corrected chi connectivity index (χ0v) is 18.7. The van der Waals surface area contributed by atoms with E-state index in [9.17, 15) is 8.78 Å². The predicted molar refractivity (Wildman–Crippen MR) is 123 cm³/mol. The number of anilines is 1. The second-order valence-electron chi connectivity index (χ2n) is 8.22. The third-order valence-corrected chi connectivity index (χ3v) is 6.15. The Morgan fingerprint density at radius 2 is 1.91 bits per heavy atom. The van der Waals surface area contributed by atoms with Crippen molar-refractivity contribution in [3.8, 4) is 22.6 Å². The van der Waals surface area contributed by atoms with Gasteiger partial charge in [-0.1, -0.05) is 0 Å². The van der Waals surface area contributed by atoms with E-state index in [0.717, 1.165) is 29.7 Å². The summed E-state index contributed by atoms with van der Waals surface area (Å²) >= 11 is 0. The van der Waals surface area contributed by atoms with E-state index < -0.39 is 17.8 Å². The number of nitrogens with zero attached hydrogens (tertiary/aromatic N) is 8. The van der Waals surface area contributed by atoms with E-state index in [-0.39, 0.29) is 5.69 Å². The SMILES string of the molecule is COc1cncc(-c2cnn(-c3cnn4ccc(N5CCCC5c5nc(F)ccc5F)nc34)c2)c1. The van der Waals surface area contributed by atoms with Gasteiger partial charge in [-0.25, -0.2) is 23.6 Å². The number of hydrogen-bond donors (Lipinski definition) is 0. The molecule has 0 amide bonds. The molecule has 0 radical (unpaired) electrons. The standard InChI is InChI=1S/C24H20F2N8O/c1-35-17-9-15(10-27-12-17)16-11-28-34(14-16)20-13-29-33-8-6-22(31-24(20)33)32-7-2-3-19(32)23-18(25)4-5-21(26)30-23/h4-6,8-14,19H,2-3,7H2,1H3. The van der Waals surface area contributed by atoms with Crippen LogP contribution in [0.1, 0.15) is 24.6 Å². The average molecular weight is 474 g/mol. The third-order valence-electron chi connectivity index (χ3n) is 6.15. The Kier molecular flexibility index (Phi) is 5.09. The number of aromatic nitrogens is 7. The fourth-order valence-corrected chi connectivity index (χ4v) is 4.45. The van der Waals surface area contributed by atoms with Crippen LogP contribution in [0.5, 0.6) is 5.75 Å². The first-order chi connectivity index (χ1) is 17.1. The van der Waals surface area contributed by atoms with Crippen LogP contribution in [0, 0.1) is 11.8 Å². The number of fused-ring (bicyclic) bond motifs is 1. The first-order valence-electron chi connectivity index (χ1n) is 11.1. The highest BCUT2D eigenvalue weighted by atomic mass is 19.1. The molecule has 0 aliphatic carbocycles. The first-order valence-corrected chi connectivity index (χ1v) is 11.1. The largest absolute Gasteiger partial charge is 0.495 e. The van der Waals surface area contributed by atoms with Crippen LogP contribution < -0.4 is 9.64 Å². The molecule has 6 heterocycles. The normalized spacial score (nSPS) is 15.7. The minimum absolute atomic E-state index is 0.0986. The molecule has 9 nitrogen and oxygen atoms in total. The molecule has 1 fully saturated rings. The van der Waals surface area contributed by atoms with Crippen LogP contribution in [0.2, 0.25) is 0 Å². The second-order valence-corrected chi connectivity index (χ2v) is 8.22. The van der Waals surface area contributed by atoms with Crippen molar-refractivity contribution in [2.24, 2.45) is 0 Å². The average Bonchev–Trinajstić information content (AvgIpc) is 3.64. The quantitative estimate of drug-likeness (QED) is 0.356. The summed E-state index contributed by atoms with van der Waals surface area (Å²) in [5.74, 6) is 0.0690. The van der Waals surface area contributed by atoms with Crippen molar-refractivity contribution in [3.05, 3.63) is 78.9 Å². The van der Waals surface area contributed by atoms with Gasteiger partial charge in [0.25, 0.3) is 0 Å². The van der Waals surface area contributed by atoms with Crippen LogP contribution in [0.3, 0.4) is 0 Å². The Labute approximate surface area is 198 Å². The molecule has 35 heavy (non-hydrogen) atoms. The lowest BCUT2D eigenvalue weighted by molar-refractivity contribution is 0.413. The molecule has 1 saturated heterocycles. The number of methoxy groups -OCH3 is 1. The first kappa shape index (κ1) is 21.1. The van der Waals surface area contributed by atoms with E-state index in [4.69, 9.17) is 9.72 Å². The summed E-state index contributed by atoms with van der Waals surface area (Å²) in [6, 6.07) is 5.45. The number of rotatable bonds is 5. The van der Waals surface area contributed by atoms with Gasteiger partial charge in [0.1, 0.15) is 28.8 Å². The van der Waals surface area contributed by atoms with Crippen molar-refractivity contribution in [2.45, 2.75) is 18.9 Å². The van der Waals surface area contributed by atoms with Crippen molar-refractivity contribution in [3.63, 3.8) is 0 Å². The van der Waals surface area contributed by atoms with Crippen molar-refractivity contribution in [1.29, 1.82) is 0 Å². The van der Waals surface area contributed by atoms with Gasteiger partial charge < -0.3 is 9.64 Å². The third kappa shape index (κ3) is 3.74. The van der Waals surface area contributed by atoms with E-state index in [1.54, 1.807) is 47.3 Å². The Balaban J connectivity index is 1.36. The highest BCUT2D eigenvalue weighted by molar-refractivity contribution is 5.65. The number of hydrogen-bond acceptors (Lipinski definition) is 7. The van der Waals surface area contributed by atoms with Gasteiger partial charge >= 0.3 is 0 Å². The fourth-order valence-electron chi connectivity index (χ4n) is 4.45. The molecular weight excluding hydrogens is 454 g/mol. The van der Waals surface area contributed by atoms with Crippen LogP contribution in [-0.2, 0) is 0 Å². The molecule has 1 aliphatic rings. The van der Waals surface area contributed by atoms with Gasteiger partial charge in [-0.05, 0) is 37.1 Å². The lowest BCUT2D eigenvalue weighted by Gasteiger charge is -2.25. The highest BCUT2D eigenvalue weighted by Crippen LogP contribution is 2.36. The molecule has 0 spiro atoms. The van der Waals surface area contributed by atoms with Crippen LogP contribution >= 0.6 is 0 Å². The summed E-state index contributed by atoms with van der Waals surface area (Å²) in [6.07, 6.45) is 11.9. The minimum atomic E-state index is -0.699. The lowest BCUT2D eigenvalue weighted by Crippen LogP contribution is -2.25. The number of ether oxygens (including phenoxy) is 1. The van der Waals surface area contributed by atoms with Gasteiger partial charge in [0.15, 0.2) is 5.65 Å². The van der Waals surface area contributed by atoms with Crippen molar-refractivity contribution < 1.29 is 13.5 Å². The molecule has 6 rings (SSSR count). The van der Waals surface area contributed by atoms with E-state index in [1.165, 1.54) is 0 Å². The lowest BCUT2D eigenvalue weighted by atomic mass is 10.1. The van der Waals surface area contributed by atoms with Gasteiger partial charge in [-0.15, -0.1) is 0 Å². The summed E-state index contributed by atoms with van der Waals surface area (Å²) in [7, 11) is 1.59. The molecule has 1 unspecified atom stereocenters. The van der Waals surface area contributed by atoms with Crippen LogP contribution in [0.4, 0.5) is 14.6 Å². The maximum Gasteiger partial charge on any atom is 0.213 e. The van der Waals surface area contributed by atoms with E-state index in [0.29, 0.717) is 35.9 Å². The predicted octanol–water partition coefficient (Wildman–Crippen LogP) is 4.00. The van der Waals surface area contributed by atoms with Gasteiger partial charge in [0, 0.05) is 36.3 Å². The molecule has 0 N–H and O–H groups in total. The topological polar surface area (TPSA) is 86.3 Å². The number of pyridine rings is 2. The summed E-state index contributed by atoms with van der Waals surface area (Å²) < 4.78 is 36.8. The minimum Gasteiger partial charge on any atom is -0.495 e. The molecule has 11 heteroatoms. The molecule has 5 aromatic heterocycles. The zero-order valence-electron chi connectivity index (χ0n) is 18.7. The fraction of sp³-hybridized carbons (Fsp3) is 0.208. The molecule has 0 saturated carbocycles. The number of halogens is 2. The van der Waals surface area contributed by atoms with Gasteiger partial charge in [0.05, 0.1) is 31.7 Å². The highest BCUT2D eigenvalue weighted by Gasteiger charge is 2.31. The van der Waals surface area contributed by atoms with Crippen LogP contribution in [-0.4, -0.2) is 48.0 Å². The maximum absolute atomic E-state index is 14.5. The Morgan fingerprint density at radius 3 is 2.80 bits per heavy atom. The maximum atomic E-state index is 14.5. The Hall–Kier alpha value is -4.41. The van der Waals surface area contributed by atoms with Crippen LogP contribution in [0.15, 0.2) is 61.4 Å². The zero-order chi connectivity index (χ0) is 23.9. The van der Waals surface area contributed by atoms with E-state index in [1.807, 2.05) is 23.2 Å².